The Bertz CT molecular complexity index is 1070. The van der Waals surface area contributed by atoms with Crippen LogP contribution in [0.1, 0.15) is 47.9 Å². The molecule has 0 saturated carbocycles. The normalized spacial score (nSPS) is 15.0. The van der Waals surface area contributed by atoms with E-state index in [1.54, 1.807) is 34.6 Å². The van der Waals surface area contributed by atoms with Gasteiger partial charge in [-0.15, -0.1) is 0 Å². The van der Waals surface area contributed by atoms with Crippen molar-refractivity contribution in [1.82, 2.24) is 9.62 Å². The van der Waals surface area contributed by atoms with Crippen LogP contribution < -0.4 is 5.32 Å². The molecule has 1 fully saturated rings. The van der Waals surface area contributed by atoms with E-state index in [2.05, 4.69) is 10.5 Å². The van der Waals surface area contributed by atoms with E-state index in [4.69, 9.17) is 0 Å². The lowest BCUT2D eigenvalue weighted by Crippen LogP contribution is -2.35. The van der Waals surface area contributed by atoms with Crippen LogP contribution in [-0.2, 0) is 27.9 Å². The number of nitroso groups, excluding NO2 is 1. The number of piperidine rings is 1. The van der Waals surface area contributed by atoms with E-state index in [-0.39, 0.29) is 18.9 Å². The zero-order valence-electron chi connectivity index (χ0n) is 18.3. The van der Waals surface area contributed by atoms with Crippen molar-refractivity contribution in [2.75, 3.05) is 13.1 Å². The fraction of sp³-hybridized carbons (Fsp3) is 0.375. The summed E-state index contributed by atoms with van der Waals surface area (Å²) in [6, 6.07) is 12.4. The lowest BCUT2D eigenvalue weighted by atomic mass is 10.0. The molecule has 1 saturated heterocycles. The Labute approximate surface area is 189 Å². The quantitative estimate of drug-likeness (QED) is 0.575. The first-order valence-corrected chi connectivity index (χ1v) is 12.2. The van der Waals surface area contributed by atoms with Crippen molar-refractivity contribution >= 4 is 22.0 Å². The van der Waals surface area contributed by atoms with Crippen LogP contribution in [0.2, 0.25) is 0 Å². The van der Waals surface area contributed by atoms with Crippen LogP contribution in [0.25, 0.3) is 6.08 Å². The summed E-state index contributed by atoms with van der Waals surface area (Å²) in [6.45, 7) is 3.57. The zero-order chi connectivity index (χ0) is 23.0. The summed E-state index contributed by atoms with van der Waals surface area (Å²) in [4.78, 5) is 22.9. The molecule has 0 bridgehead atoms. The average molecular weight is 456 g/mol. The fourth-order valence-corrected chi connectivity index (χ4v) is 5.16. The van der Waals surface area contributed by atoms with Crippen LogP contribution in [0.15, 0.2) is 58.6 Å². The first-order valence-electron chi connectivity index (χ1n) is 10.8. The third kappa shape index (κ3) is 6.34. The molecule has 0 atom stereocenters. The van der Waals surface area contributed by atoms with Gasteiger partial charge in [0.15, 0.2) is 0 Å². The monoisotopic (exact) mass is 455 g/mol. The number of hydrogen-bond acceptors (Lipinski definition) is 5. The lowest BCUT2D eigenvalue weighted by Gasteiger charge is -2.25. The van der Waals surface area contributed by atoms with Crippen LogP contribution in [0.4, 0.5) is 0 Å². The van der Waals surface area contributed by atoms with Crippen LogP contribution in [-0.4, -0.2) is 31.7 Å². The number of benzene rings is 2. The van der Waals surface area contributed by atoms with Gasteiger partial charge in [0.05, 0.1) is 4.90 Å². The summed E-state index contributed by atoms with van der Waals surface area (Å²) in [6.07, 6.45) is 6.74. The molecule has 1 aliphatic rings. The van der Waals surface area contributed by atoms with Gasteiger partial charge < -0.3 is 5.32 Å². The molecule has 1 heterocycles. The van der Waals surface area contributed by atoms with Gasteiger partial charge in [0.1, 0.15) is 6.54 Å². The molecule has 1 amide bonds. The average Bonchev–Trinajstić information content (AvgIpc) is 2.81. The van der Waals surface area contributed by atoms with E-state index in [1.807, 2.05) is 31.2 Å². The van der Waals surface area contributed by atoms with Crippen molar-refractivity contribution in [3.63, 3.8) is 0 Å². The number of carbonyl (C=O) groups excluding carboxylic acids is 1. The molecular weight excluding hydrogens is 426 g/mol. The number of sulfonamides is 1. The van der Waals surface area contributed by atoms with E-state index >= 15 is 0 Å². The molecule has 0 unspecified atom stereocenters. The van der Waals surface area contributed by atoms with Gasteiger partial charge in [0.2, 0.25) is 15.9 Å². The Morgan fingerprint density at radius 2 is 1.75 bits per heavy atom. The third-order valence-electron chi connectivity index (χ3n) is 5.56. The van der Waals surface area contributed by atoms with Gasteiger partial charge in [-0.2, -0.15) is 9.21 Å². The summed E-state index contributed by atoms with van der Waals surface area (Å²) in [5.41, 5.74) is 3.67. The molecular formula is C24H29N3O4S. The zero-order valence-corrected chi connectivity index (χ0v) is 19.1. The highest BCUT2D eigenvalue weighted by molar-refractivity contribution is 7.89. The highest BCUT2D eigenvalue weighted by Gasteiger charge is 2.25. The Balaban J connectivity index is 1.51. The molecule has 0 spiro atoms. The molecule has 170 valence electrons. The van der Waals surface area contributed by atoms with Gasteiger partial charge in [-0.3, -0.25) is 4.79 Å². The van der Waals surface area contributed by atoms with E-state index in [1.165, 1.54) is 0 Å². The second-order valence-corrected chi connectivity index (χ2v) is 9.91. The Morgan fingerprint density at radius 1 is 1.06 bits per heavy atom. The minimum absolute atomic E-state index is 0.125. The number of nitrogens with zero attached hydrogens (tertiary/aromatic N) is 2. The second-order valence-electron chi connectivity index (χ2n) is 7.97. The predicted molar refractivity (Wildman–Crippen MR) is 125 cm³/mol. The Hall–Kier alpha value is -2.84. The minimum Gasteiger partial charge on any atom is -0.352 e. The van der Waals surface area contributed by atoms with Crippen molar-refractivity contribution in [3.8, 4) is 0 Å². The summed E-state index contributed by atoms with van der Waals surface area (Å²) >= 11 is 0. The first kappa shape index (κ1) is 23.8. The van der Waals surface area contributed by atoms with Gasteiger partial charge in [-0.25, -0.2) is 8.42 Å². The molecule has 7 nitrogen and oxygen atoms in total. The maximum Gasteiger partial charge on any atom is 0.243 e. The predicted octanol–water partition coefficient (Wildman–Crippen LogP) is 4.16. The van der Waals surface area contributed by atoms with Crippen LogP contribution >= 0.6 is 0 Å². The smallest absolute Gasteiger partial charge is 0.243 e. The minimum atomic E-state index is -3.45. The topological polar surface area (TPSA) is 95.9 Å². The number of rotatable bonds is 9. The van der Waals surface area contributed by atoms with E-state index in [9.17, 15) is 18.1 Å². The van der Waals surface area contributed by atoms with Gasteiger partial charge in [-0.1, -0.05) is 48.0 Å². The molecule has 2 aromatic rings. The van der Waals surface area contributed by atoms with Crippen molar-refractivity contribution in [1.29, 1.82) is 0 Å². The molecule has 32 heavy (non-hydrogen) atoms. The van der Waals surface area contributed by atoms with Gasteiger partial charge in [0.25, 0.3) is 0 Å². The largest absolute Gasteiger partial charge is 0.352 e. The van der Waals surface area contributed by atoms with Crippen molar-refractivity contribution < 1.29 is 13.2 Å². The van der Waals surface area contributed by atoms with E-state index < -0.39 is 10.0 Å². The van der Waals surface area contributed by atoms with Crippen molar-refractivity contribution in [2.45, 2.75) is 50.6 Å². The molecule has 3 rings (SSSR count). The highest BCUT2D eigenvalue weighted by atomic mass is 32.2. The molecule has 2 aromatic carbocycles. The number of amides is 1. The van der Waals surface area contributed by atoms with Crippen molar-refractivity contribution in [2.24, 2.45) is 5.18 Å². The number of carbonyl (C=O) groups is 1. The third-order valence-corrected chi connectivity index (χ3v) is 7.47. The molecule has 0 aliphatic carbocycles. The van der Waals surface area contributed by atoms with Crippen LogP contribution in [0.3, 0.4) is 0 Å². The molecule has 8 heteroatoms. The Kier molecular flexibility index (Phi) is 8.30. The summed E-state index contributed by atoms with van der Waals surface area (Å²) < 4.78 is 27.0. The van der Waals surface area contributed by atoms with Crippen LogP contribution in [0.5, 0.6) is 0 Å². The van der Waals surface area contributed by atoms with Gasteiger partial charge in [-0.05, 0) is 60.2 Å². The molecule has 1 aliphatic heterocycles. The lowest BCUT2D eigenvalue weighted by molar-refractivity contribution is -0.120. The van der Waals surface area contributed by atoms with E-state index in [0.29, 0.717) is 24.5 Å². The maximum atomic E-state index is 12.7. The fourth-order valence-electron chi connectivity index (χ4n) is 3.64. The highest BCUT2D eigenvalue weighted by Crippen LogP contribution is 2.21. The molecule has 0 aromatic heterocycles. The number of nitrogens with one attached hydrogen (secondary N) is 1. The van der Waals surface area contributed by atoms with Gasteiger partial charge in [0, 0.05) is 26.1 Å². The number of hydrogen-bond donors (Lipinski definition) is 1. The standard InChI is InChI=1S/C24H29N3O4S/c1-19-8-9-21(18-26-29)16-22(19)6-5-7-24(28)25-17-20-10-12-23(13-11-20)32(30,31)27-14-3-2-4-15-27/h5-6,8-13,16H,2-4,7,14-15,17-18H2,1H3,(H,25,28)/b6-5-. The Morgan fingerprint density at radius 3 is 2.44 bits per heavy atom. The number of aryl methyl sites for hydroxylation is 1. The van der Waals surface area contributed by atoms with Crippen LogP contribution in [0, 0.1) is 11.8 Å². The van der Waals surface area contributed by atoms with Gasteiger partial charge >= 0.3 is 0 Å². The SMILES string of the molecule is Cc1ccc(CN=O)cc1/C=C\CC(=O)NCc1ccc(S(=O)(=O)N2CCCCC2)cc1. The summed E-state index contributed by atoms with van der Waals surface area (Å²) in [5.74, 6) is -0.130. The molecule has 1 N–H and O–H groups in total. The summed E-state index contributed by atoms with van der Waals surface area (Å²) in [7, 11) is -3.45. The maximum absolute atomic E-state index is 12.7. The first-order chi connectivity index (χ1) is 15.4. The second kappa shape index (κ2) is 11.2. The molecule has 0 radical (unpaired) electrons. The van der Waals surface area contributed by atoms with Crippen molar-refractivity contribution in [3.05, 3.63) is 75.7 Å². The van der Waals surface area contributed by atoms with E-state index in [0.717, 1.165) is 41.5 Å². The summed E-state index contributed by atoms with van der Waals surface area (Å²) in [5, 5.41) is 5.75.